The van der Waals surface area contributed by atoms with Crippen LogP contribution in [-0.4, -0.2) is 26.4 Å². The zero-order chi connectivity index (χ0) is 13.5. The van der Waals surface area contributed by atoms with E-state index in [-0.39, 0.29) is 18.4 Å². The third-order valence-corrected chi connectivity index (χ3v) is 2.47. The van der Waals surface area contributed by atoms with Crippen LogP contribution in [0.5, 0.6) is 5.75 Å². The Morgan fingerprint density at radius 2 is 2.28 bits per heavy atom. The number of nitrogens with two attached hydrogens (primary N) is 1. The van der Waals surface area contributed by atoms with Gasteiger partial charge in [0, 0.05) is 12.6 Å². The van der Waals surface area contributed by atoms with E-state index >= 15 is 0 Å². The summed E-state index contributed by atoms with van der Waals surface area (Å²) in [4.78, 5) is 10.3. The first kappa shape index (κ1) is 14.2. The molecular weight excluding hydrogens is 239 g/mol. The van der Waals surface area contributed by atoms with E-state index in [9.17, 15) is 9.18 Å². The van der Waals surface area contributed by atoms with E-state index in [0.29, 0.717) is 6.54 Å². The number of benzene rings is 1. The molecule has 5 nitrogen and oxygen atoms in total. The van der Waals surface area contributed by atoms with E-state index in [1.807, 2.05) is 6.92 Å². The van der Waals surface area contributed by atoms with Crippen LogP contribution in [0.1, 0.15) is 18.5 Å². The minimum atomic E-state index is -0.798. The van der Waals surface area contributed by atoms with Gasteiger partial charge in [0.25, 0.3) is 0 Å². The minimum absolute atomic E-state index is 0.0176. The van der Waals surface area contributed by atoms with Crippen molar-refractivity contribution in [3.05, 3.63) is 29.6 Å². The molecule has 6 heteroatoms. The molecule has 0 saturated heterocycles. The highest BCUT2D eigenvalue weighted by molar-refractivity contribution is 5.64. The molecule has 1 aromatic rings. The van der Waals surface area contributed by atoms with Crippen molar-refractivity contribution in [2.45, 2.75) is 13.0 Å². The summed E-state index contributed by atoms with van der Waals surface area (Å²) in [5, 5.41) is 3.11. The van der Waals surface area contributed by atoms with E-state index in [4.69, 9.17) is 10.5 Å². The first-order valence-electron chi connectivity index (χ1n) is 5.53. The van der Waals surface area contributed by atoms with E-state index in [0.717, 1.165) is 5.56 Å². The van der Waals surface area contributed by atoms with Crippen LogP contribution in [0, 0.1) is 5.82 Å². The lowest BCUT2D eigenvalue weighted by Gasteiger charge is -2.15. The van der Waals surface area contributed by atoms with Gasteiger partial charge in [0.15, 0.2) is 11.6 Å². The Balaban J connectivity index is 2.50. The fraction of sp³-hybridized carbons (Fsp3) is 0.417. The fourth-order valence-corrected chi connectivity index (χ4v) is 1.49. The summed E-state index contributed by atoms with van der Waals surface area (Å²) in [5.41, 5.74) is 5.71. The standard InChI is InChI=1S/C12H17FN2O3/c1-8(15-5-6-18-12(14)16)9-3-4-10(13)11(7-9)17-2/h3-4,7-8,15H,5-6H2,1-2H3,(H2,14,16). The van der Waals surface area contributed by atoms with Crippen molar-refractivity contribution in [2.75, 3.05) is 20.3 Å². The summed E-state index contributed by atoms with van der Waals surface area (Å²) in [6, 6.07) is 4.63. The molecule has 1 unspecified atom stereocenters. The number of methoxy groups -OCH3 is 1. The fourth-order valence-electron chi connectivity index (χ4n) is 1.49. The quantitative estimate of drug-likeness (QED) is 0.758. The zero-order valence-electron chi connectivity index (χ0n) is 10.4. The number of amides is 1. The van der Waals surface area contributed by atoms with Crippen LogP contribution in [0.3, 0.4) is 0 Å². The van der Waals surface area contributed by atoms with Gasteiger partial charge in [-0.15, -0.1) is 0 Å². The Morgan fingerprint density at radius 3 is 2.89 bits per heavy atom. The third kappa shape index (κ3) is 4.21. The Kier molecular flexibility index (Phi) is 5.38. The molecule has 0 aromatic heterocycles. The lowest BCUT2D eigenvalue weighted by atomic mass is 10.1. The smallest absolute Gasteiger partial charge is 0.404 e. The molecule has 0 fully saturated rings. The van der Waals surface area contributed by atoms with Crippen LogP contribution < -0.4 is 15.8 Å². The molecule has 0 bridgehead atoms. The number of rotatable bonds is 6. The first-order chi connectivity index (χ1) is 8.54. The lowest BCUT2D eigenvalue weighted by Crippen LogP contribution is -2.26. The van der Waals surface area contributed by atoms with Gasteiger partial charge in [-0.3, -0.25) is 0 Å². The SMILES string of the molecule is COc1cc(C(C)NCCOC(N)=O)ccc1F. The number of nitrogens with one attached hydrogen (secondary N) is 1. The molecule has 1 rings (SSSR count). The summed E-state index contributed by atoms with van der Waals surface area (Å²) in [6.45, 7) is 2.57. The molecule has 0 saturated carbocycles. The highest BCUT2D eigenvalue weighted by Crippen LogP contribution is 2.22. The summed E-state index contributed by atoms with van der Waals surface area (Å²) in [5.74, 6) is -0.194. The van der Waals surface area contributed by atoms with Gasteiger partial charge in [0.2, 0.25) is 0 Å². The maximum atomic E-state index is 13.2. The number of hydrogen-bond acceptors (Lipinski definition) is 4. The van der Waals surface area contributed by atoms with E-state index in [2.05, 4.69) is 10.1 Å². The molecule has 0 heterocycles. The summed E-state index contributed by atoms with van der Waals surface area (Å²) < 4.78 is 22.7. The van der Waals surface area contributed by atoms with Crippen LogP contribution >= 0.6 is 0 Å². The van der Waals surface area contributed by atoms with Crippen molar-refractivity contribution < 1.29 is 18.7 Å². The van der Waals surface area contributed by atoms with Gasteiger partial charge in [0.1, 0.15) is 6.61 Å². The van der Waals surface area contributed by atoms with Crippen LogP contribution in [-0.2, 0) is 4.74 Å². The van der Waals surface area contributed by atoms with Crippen molar-refractivity contribution in [1.82, 2.24) is 5.32 Å². The van der Waals surface area contributed by atoms with Gasteiger partial charge >= 0.3 is 6.09 Å². The molecular formula is C12H17FN2O3. The van der Waals surface area contributed by atoms with Crippen LogP contribution in [0.4, 0.5) is 9.18 Å². The first-order valence-corrected chi connectivity index (χ1v) is 5.53. The average Bonchev–Trinajstić information content (AvgIpc) is 2.34. The largest absolute Gasteiger partial charge is 0.494 e. The summed E-state index contributed by atoms with van der Waals surface area (Å²) in [7, 11) is 1.42. The van der Waals surface area contributed by atoms with E-state index < -0.39 is 11.9 Å². The third-order valence-electron chi connectivity index (χ3n) is 2.47. The van der Waals surface area contributed by atoms with Gasteiger partial charge < -0.3 is 20.5 Å². The van der Waals surface area contributed by atoms with Crippen molar-refractivity contribution in [3.8, 4) is 5.75 Å². The molecule has 1 amide bonds. The van der Waals surface area contributed by atoms with E-state index in [1.54, 1.807) is 12.1 Å². The Bertz CT molecular complexity index is 412. The monoisotopic (exact) mass is 256 g/mol. The lowest BCUT2D eigenvalue weighted by molar-refractivity contribution is 0.156. The molecule has 18 heavy (non-hydrogen) atoms. The molecule has 0 aliphatic rings. The number of ether oxygens (including phenoxy) is 2. The van der Waals surface area contributed by atoms with Crippen molar-refractivity contribution in [2.24, 2.45) is 5.73 Å². The van der Waals surface area contributed by atoms with Gasteiger partial charge in [0.05, 0.1) is 7.11 Å². The highest BCUT2D eigenvalue weighted by Gasteiger charge is 2.09. The number of halogens is 1. The normalized spacial score (nSPS) is 11.9. The van der Waals surface area contributed by atoms with E-state index in [1.165, 1.54) is 13.2 Å². The molecule has 3 N–H and O–H groups in total. The minimum Gasteiger partial charge on any atom is -0.494 e. The van der Waals surface area contributed by atoms with Crippen molar-refractivity contribution >= 4 is 6.09 Å². The van der Waals surface area contributed by atoms with Gasteiger partial charge in [-0.1, -0.05) is 6.07 Å². The molecule has 0 spiro atoms. The van der Waals surface area contributed by atoms with Crippen LogP contribution in [0.25, 0.3) is 0 Å². The molecule has 1 aromatic carbocycles. The predicted molar refractivity (Wildman–Crippen MR) is 64.9 cm³/mol. The van der Waals surface area contributed by atoms with Crippen molar-refractivity contribution in [1.29, 1.82) is 0 Å². The number of carbonyl (C=O) groups excluding carboxylic acids is 1. The maximum Gasteiger partial charge on any atom is 0.404 e. The second kappa shape index (κ2) is 6.80. The van der Waals surface area contributed by atoms with Crippen molar-refractivity contribution in [3.63, 3.8) is 0 Å². The van der Waals surface area contributed by atoms with Gasteiger partial charge in [-0.25, -0.2) is 9.18 Å². The Hall–Kier alpha value is -1.82. The molecule has 0 radical (unpaired) electrons. The summed E-state index contributed by atoms with van der Waals surface area (Å²) >= 11 is 0. The molecule has 100 valence electrons. The highest BCUT2D eigenvalue weighted by atomic mass is 19.1. The average molecular weight is 256 g/mol. The Morgan fingerprint density at radius 1 is 1.56 bits per heavy atom. The van der Waals surface area contributed by atoms with Gasteiger partial charge in [-0.2, -0.15) is 0 Å². The number of hydrogen-bond donors (Lipinski definition) is 2. The maximum absolute atomic E-state index is 13.2. The molecule has 0 aliphatic carbocycles. The number of carbonyl (C=O) groups is 1. The van der Waals surface area contributed by atoms with Gasteiger partial charge in [-0.05, 0) is 24.6 Å². The number of primary amides is 1. The Labute approximate surface area is 105 Å². The molecule has 0 aliphatic heterocycles. The molecule has 1 atom stereocenters. The van der Waals surface area contributed by atoms with Crippen LogP contribution in [0.15, 0.2) is 18.2 Å². The second-order valence-corrected chi connectivity index (χ2v) is 3.74. The topological polar surface area (TPSA) is 73.6 Å². The predicted octanol–water partition coefficient (Wildman–Crippen LogP) is 1.58. The second-order valence-electron chi connectivity index (χ2n) is 3.74. The zero-order valence-corrected chi connectivity index (χ0v) is 10.4. The van der Waals surface area contributed by atoms with Crippen LogP contribution in [0.2, 0.25) is 0 Å². The summed E-state index contributed by atoms with van der Waals surface area (Å²) in [6.07, 6.45) is -0.798.